The lowest BCUT2D eigenvalue weighted by Crippen LogP contribution is -2.41. The Morgan fingerprint density at radius 3 is 2.58 bits per heavy atom. The minimum absolute atomic E-state index is 0.750. The van der Waals surface area contributed by atoms with Gasteiger partial charge in [-0.3, -0.25) is 0 Å². The first-order valence-corrected chi connectivity index (χ1v) is 8.89. The lowest BCUT2D eigenvalue weighted by atomic mass is 9.75. The SMILES string of the molecule is CCNC1CCC(CC)CC1Cc1ccc(CC)s1. The van der Waals surface area contributed by atoms with Gasteiger partial charge in [-0.15, -0.1) is 11.3 Å². The fourth-order valence-corrected chi connectivity index (χ4v) is 4.52. The number of rotatable bonds is 6. The van der Waals surface area contributed by atoms with Crippen LogP contribution in [-0.2, 0) is 12.8 Å². The van der Waals surface area contributed by atoms with Crippen molar-refractivity contribution in [2.75, 3.05) is 6.54 Å². The van der Waals surface area contributed by atoms with E-state index in [0.29, 0.717) is 0 Å². The normalized spacial score (nSPS) is 27.6. The van der Waals surface area contributed by atoms with Gasteiger partial charge in [-0.2, -0.15) is 0 Å². The molecule has 0 amide bonds. The van der Waals surface area contributed by atoms with Crippen molar-refractivity contribution >= 4 is 11.3 Å². The first kappa shape index (κ1) is 15.1. The van der Waals surface area contributed by atoms with Crippen molar-refractivity contribution in [3.05, 3.63) is 21.9 Å². The molecule has 2 rings (SSSR count). The van der Waals surface area contributed by atoms with Gasteiger partial charge in [-0.1, -0.05) is 27.2 Å². The molecule has 1 aromatic heterocycles. The fraction of sp³-hybridized carbons (Fsp3) is 0.765. The zero-order valence-electron chi connectivity index (χ0n) is 12.7. The van der Waals surface area contributed by atoms with Gasteiger partial charge in [-0.25, -0.2) is 0 Å². The standard InChI is InChI=1S/C17H29NS/c1-4-13-7-10-17(18-6-3)14(11-13)12-16-9-8-15(5-2)19-16/h8-9,13-14,17-18H,4-7,10-12H2,1-3H3. The monoisotopic (exact) mass is 279 g/mol. The minimum Gasteiger partial charge on any atom is -0.314 e. The second-order valence-corrected chi connectivity index (χ2v) is 7.19. The molecule has 1 N–H and O–H groups in total. The van der Waals surface area contributed by atoms with Crippen molar-refractivity contribution in [1.29, 1.82) is 0 Å². The molecule has 1 nitrogen and oxygen atoms in total. The van der Waals surface area contributed by atoms with Crippen LogP contribution in [0.2, 0.25) is 0 Å². The Balaban J connectivity index is 1.99. The molecular weight excluding hydrogens is 250 g/mol. The zero-order chi connectivity index (χ0) is 13.7. The molecule has 0 radical (unpaired) electrons. The van der Waals surface area contributed by atoms with Crippen LogP contribution < -0.4 is 5.32 Å². The summed E-state index contributed by atoms with van der Waals surface area (Å²) in [6.07, 6.45) is 8.06. The first-order valence-electron chi connectivity index (χ1n) is 8.07. The van der Waals surface area contributed by atoms with E-state index in [-0.39, 0.29) is 0 Å². The second-order valence-electron chi connectivity index (χ2n) is 5.94. The maximum atomic E-state index is 3.72. The minimum atomic E-state index is 0.750. The third-order valence-corrected chi connectivity index (χ3v) is 5.92. The lowest BCUT2D eigenvalue weighted by molar-refractivity contribution is 0.200. The van der Waals surface area contributed by atoms with Crippen LogP contribution in [0.4, 0.5) is 0 Å². The van der Waals surface area contributed by atoms with E-state index >= 15 is 0 Å². The molecule has 2 heteroatoms. The highest BCUT2D eigenvalue weighted by molar-refractivity contribution is 7.11. The summed E-state index contributed by atoms with van der Waals surface area (Å²) >= 11 is 2.03. The zero-order valence-corrected chi connectivity index (χ0v) is 13.6. The Kier molecular flexibility index (Phi) is 5.90. The van der Waals surface area contributed by atoms with E-state index in [0.717, 1.165) is 24.4 Å². The van der Waals surface area contributed by atoms with Crippen LogP contribution in [0.15, 0.2) is 12.1 Å². The molecule has 1 heterocycles. The maximum absolute atomic E-state index is 3.72. The van der Waals surface area contributed by atoms with E-state index in [9.17, 15) is 0 Å². The molecule has 1 aromatic rings. The summed E-state index contributed by atoms with van der Waals surface area (Å²) in [5.74, 6) is 1.81. The Morgan fingerprint density at radius 1 is 1.16 bits per heavy atom. The van der Waals surface area contributed by atoms with Crippen LogP contribution >= 0.6 is 11.3 Å². The van der Waals surface area contributed by atoms with E-state index < -0.39 is 0 Å². The van der Waals surface area contributed by atoms with Crippen molar-refractivity contribution in [3.8, 4) is 0 Å². The van der Waals surface area contributed by atoms with Crippen molar-refractivity contribution in [2.45, 2.75) is 65.3 Å². The third-order valence-electron chi connectivity index (χ3n) is 4.66. The van der Waals surface area contributed by atoms with Crippen molar-refractivity contribution in [3.63, 3.8) is 0 Å². The smallest absolute Gasteiger partial charge is 0.00988 e. The van der Waals surface area contributed by atoms with Gasteiger partial charge in [0, 0.05) is 15.8 Å². The molecule has 0 spiro atoms. The molecule has 0 aliphatic heterocycles. The van der Waals surface area contributed by atoms with Gasteiger partial charge in [0.15, 0.2) is 0 Å². The van der Waals surface area contributed by atoms with E-state index in [1.165, 1.54) is 43.4 Å². The van der Waals surface area contributed by atoms with Crippen LogP contribution in [-0.4, -0.2) is 12.6 Å². The van der Waals surface area contributed by atoms with Gasteiger partial charge in [0.25, 0.3) is 0 Å². The molecular formula is C17H29NS. The average Bonchev–Trinajstić information content (AvgIpc) is 2.88. The van der Waals surface area contributed by atoms with Crippen molar-refractivity contribution in [2.24, 2.45) is 11.8 Å². The molecule has 3 atom stereocenters. The largest absolute Gasteiger partial charge is 0.314 e. The number of hydrogen-bond acceptors (Lipinski definition) is 2. The molecule has 1 fully saturated rings. The van der Waals surface area contributed by atoms with Gasteiger partial charge in [0.05, 0.1) is 0 Å². The number of nitrogens with one attached hydrogen (secondary N) is 1. The van der Waals surface area contributed by atoms with E-state index in [1.54, 1.807) is 4.88 Å². The first-order chi connectivity index (χ1) is 9.26. The Morgan fingerprint density at radius 2 is 1.95 bits per heavy atom. The molecule has 1 aliphatic carbocycles. The van der Waals surface area contributed by atoms with Crippen LogP contribution in [0.1, 0.15) is 56.2 Å². The highest BCUT2D eigenvalue weighted by Crippen LogP contribution is 2.34. The van der Waals surface area contributed by atoms with E-state index in [2.05, 4.69) is 38.2 Å². The summed E-state index contributed by atoms with van der Waals surface area (Å²) in [7, 11) is 0. The quantitative estimate of drug-likeness (QED) is 0.798. The molecule has 0 bridgehead atoms. The molecule has 3 unspecified atom stereocenters. The predicted molar refractivity (Wildman–Crippen MR) is 86.0 cm³/mol. The van der Waals surface area contributed by atoms with Gasteiger partial charge in [-0.05, 0) is 62.6 Å². The summed E-state index contributed by atoms with van der Waals surface area (Å²) in [5.41, 5.74) is 0. The van der Waals surface area contributed by atoms with Crippen LogP contribution in [0.3, 0.4) is 0 Å². The molecule has 0 aromatic carbocycles. The highest BCUT2D eigenvalue weighted by atomic mass is 32.1. The summed E-state index contributed by atoms with van der Waals surface area (Å²) in [4.78, 5) is 3.14. The van der Waals surface area contributed by atoms with E-state index in [4.69, 9.17) is 0 Å². The Bertz CT molecular complexity index is 371. The summed E-state index contributed by atoms with van der Waals surface area (Å²) < 4.78 is 0. The maximum Gasteiger partial charge on any atom is 0.00988 e. The molecule has 1 aliphatic rings. The number of aryl methyl sites for hydroxylation is 1. The highest BCUT2D eigenvalue weighted by Gasteiger charge is 2.29. The van der Waals surface area contributed by atoms with Crippen LogP contribution in [0, 0.1) is 11.8 Å². The fourth-order valence-electron chi connectivity index (χ4n) is 3.47. The van der Waals surface area contributed by atoms with Crippen LogP contribution in [0.25, 0.3) is 0 Å². The molecule has 19 heavy (non-hydrogen) atoms. The molecule has 1 saturated carbocycles. The summed E-state index contributed by atoms with van der Waals surface area (Å²) in [5, 5.41) is 3.72. The van der Waals surface area contributed by atoms with Crippen LogP contribution in [0.5, 0.6) is 0 Å². The number of hydrogen-bond donors (Lipinski definition) is 1. The van der Waals surface area contributed by atoms with Crippen molar-refractivity contribution < 1.29 is 0 Å². The molecule has 0 saturated heterocycles. The topological polar surface area (TPSA) is 12.0 Å². The van der Waals surface area contributed by atoms with E-state index in [1.807, 2.05) is 11.3 Å². The Hall–Kier alpha value is -0.340. The predicted octanol–water partition coefficient (Wildman–Crippen LogP) is 4.66. The number of thiophene rings is 1. The summed E-state index contributed by atoms with van der Waals surface area (Å²) in [6.45, 7) is 7.96. The third kappa shape index (κ3) is 4.06. The van der Waals surface area contributed by atoms with Crippen molar-refractivity contribution in [1.82, 2.24) is 5.32 Å². The van der Waals surface area contributed by atoms with Gasteiger partial charge in [0.2, 0.25) is 0 Å². The summed E-state index contributed by atoms with van der Waals surface area (Å²) in [6, 6.07) is 5.43. The van der Waals surface area contributed by atoms with Gasteiger partial charge < -0.3 is 5.32 Å². The second kappa shape index (κ2) is 7.44. The average molecular weight is 279 g/mol. The van der Waals surface area contributed by atoms with Gasteiger partial charge in [0.1, 0.15) is 0 Å². The lowest BCUT2D eigenvalue weighted by Gasteiger charge is -2.36. The van der Waals surface area contributed by atoms with Gasteiger partial charge >= 0.3 is 0 Å². The Labute approximate surface area is 122 Å². The molecule has 108 valence electrons.